The molecule has 1 N–H and O–H groups in total. The van der Waals surface area contributed by atoms with Gasteiger partial charge in [-0.2, -0.15) is 0 Å². The maximum absolute atomic E-state index is 14.2. The third kappa shape index (κ3) is 3.06. The zero-order chi connectivity index (χ0) is 25.0. The molecule has 1 fully saturated rings. The van der Waals surface area contributed by atoms with E-state index in [1.165, 1.54) is 21.3 Å². The first-order valence-electron chi connectivity index (χ1n) is 10.9. The van der Waals surface area contributed by atoms with E-state index in [4.69, 9.17) is 18.9 Å². The van der Waals surface area contributed by atoms with E-state index in [0.717, 1.165) is 4.47 Å². The summed E-state index contributed by atoms with van der Waals surface area (Å²) in [4.78, 5) is 27.3. The van der Waals surface area contributed by atoms with Gasteiger partial charge in [-0.25, -0.2) is 0 Å². The van der Waals surface area contributed by atoms with E-state index in [2.05, 4.69) is 15.9 Å². The summed E-state index contributed by atoms with van der Waals surface area (Å²) < 4.78 is 23.5. The highest BCUT2D eigenvalue weighted by atomic mass is 79.9. The van der Waals surface area contributed by atoms with Gasteiger partial charge >= 0.3 is 5.97 Å². The van der Waals surface area contributed by atoms with Crippen LogP contribution in [0.25, 0.3) is 0 Å². The normalized spacial score (nSPS) is 26.5. The Morgan fingerprint density at radius 2 is 1.69 bits per heavy atom. The van der Waals surface area contributed by atoms with E-state index < -0.39 is 34.8 Å². The number of halogens is 1. The van der Waals surface area contributed by atoms with Crippen LogP contribution < -0.4 is 14.2 Å². The molecule has 7 nitrogen and oxygen atoms in total. The number of hydrogen-bond donors (Lipinski definition) is 1. The van der Waals surface area contributed by atoms with Gasteiger partial charge in [0.1, 0.15) is 23.2 Å². The summed E-state index contributed by atoms with van der Waals surface area (Å²) >= 11 is 3.45. The van der Waals surface area contributed by atoms with Crippen molar-refractivity contribution in [1.29, 1.82) is 0 Å². The number of carbonyl (C=O) groups is 2. The maximum atomic E-state index is 14.2. The Morgan fingerprint density at radius 3 is 2.29 bits per heavy atom. The number of Topliss-reactive ketones (excluding diaryl/α,β-unsaturated/α-hetero) is 1. The van der Waals surface area contributed by atoms with Crippen molar-refractivity contribution >= 4 is 27.7 Å². The zero-order valence-corrected chi connectivity index (χ0v) is 20.9. The van der Waals surface area contributed by atoms with E-state index in [0.29, 0.717) is 16.9 Å². The average Bonchev–Trinajstić information content (AvgIpc) is 3.26. The number of ketones is 1. The first kappa shape index (κ1) is 23.4. The first-order valence-corrected chi connectivity index (χ1v) is 11.7. The number of fused-ring (bicyclic) bond motifs is 3. The molecule has 1 aliphatic carbocycles. The van der Waals surface area contributed by atoms with E-state index in [9.17, 15) is 14.7 Å². The number of carbonyl (C=O) groups excluding carboxylic acids is 2. The minimum Gasteiger partial charge on any atom is -0.496 e. The Labute approximate surface area is 210 Å². The van der Waals surface area contributed by atoms with Crippen molar-refractivity contribution in [2.45, 2.75) is 17.1 Å². The van der Waals surface area contributed by atoms with E-state index in [1.54, 1.807) is 36.4 Å². The van der Waals surface area contributed by atoms with Crippen LogP contribution in [0.3, 0.4) is 0 Å². The van der Waals surface area contributed by atoms with Gasteiger partial charge < -0.3 is 24.1 Å². The summed E-state index contributed by atoms with van der Waals surface area (Å²) in [6.45, 7) is 0. The van der Waals surface area contributed by atoms with Crippen LogP contribution in [-0.2, 0) is 25.5 Å². The fourth-order valence-electron chi connectivity index (χ4n) is 5.52. The highest BCUT2D eigenvalue weighted by Crippen LogP contribution is 2.68. The second-order valence-electron chi connectivity index (χ2n) is 8.51. The summed E-state index contributed by atoms with van der Waals surface area (Å²) in [6.07, 6.45) is 0. The van der Waals surface area contributed by atoms with Crippen LogP contribution in [0, 0.1) is 5.92 Å². The largest absolute Gasteiger partial charge is 0.496 e. The number of esters is 1. The highest BCUT2D eigenvalue weighted by Gasteiger charge is 2.78. The van der Waals surface area contributed by atoms with Crippen LogP contribution >= 0.6 is 15.9 Å². The Bertz CT molecular complexity index is 1310. The summed E-state index contributed by atoms with van der Waals surface area (Å²) in [5, 5.41) is 12.5. The molecule has 180 valence electrons. The van der Waals surface area contributed by atoms with Crippen molar-refractivity contribution in [3.05, 3.63) is 87.9 Å². The summed E-state index contributed by atoms with van der Waals surface area (Å²) in [7, 11) is 4.16. The number of methoxy groups -OCH3 is 3. The van der Waals surface area contributed by atoms with Gasteiger partial charge in [0.05, 0.1) is 32.8 Å². The smallest absolute Gasteiger partial charge is 0.317 e. The van der Waals surface area contributed by atoms with E-state index in [-0.39, 0.29) is 17.1 Å². The van der Waals surface area contributed by atoms with Gasteiger partial charge in [0.15, 0.2) is 11.4 Å². The molecular weight excluding hydrogens is 516 g/mol. The fourth-order valence-corrected chi connectivity index (χ4v) is 5.79. The Kier molecular flexibility index (Phi) is 5.61. The van der Waals surface area contributed by atoms with Gasteiger partial charge in [-0.1, -0.05) is 58.4 Å². The average molecular weight is 539 g/mol. The molecule has 1 saturated carbocycles. The third-order valence-corrected chi connectivity index (χ3v) is 7.49. The maximum Gasteiger partial charge on any atom is 0.317 e. The van der Waals surface area contributed by atoms with Crippen molar-refractivity contribution in [3.8, 4) is 17.2 Å². The van der Waals surface area contributed by atoms with Gasteiger partial charge in [0, 0.05) is 16.6 Å². The molecular formula is C27H23BrO7. The molecule has 3 aromatic rings. The summed E-state index contributed by atoms with van der Waals surface area (Å²) in [6, 6.07) is 19.4. The van der Waals surface area contributed by atoms with Crippen molar-refractivity contribution in [1.82, 2.24) is 0 Å². The molecule has 0 radical (unpaired) electrons. The third-order valence-electron chi connectivity index (χ3n) is 6.96. The molecule has 0 aromatic heterocycles. The second kappa shape index (κ2) is 8.39. The van der Waals surface area contributed by atoms with Gasteiger partial charge in [-0.3, -0.25) is 9.59 Å². The standard InChI is InChI=1S/C27H23BrO7/c1-32-18-13-19(33-2)23-20(14-18)35-27(16-9-11-17(28)12-10-16)22(15-7-5-4-6-8-15)21(25(30)34-3)24(29)26(23,27)31/h4-14,21-22,31H,1-3H3. The Balaban J connectivity index is 1.90. The molecule has 35 heavy (non-hydrogen) atoms. The Morgan fingerprint density at radius 1 is 1.00 bits per heavy atom. The van der Waals surface area contributed by atoms with Crippen LogP contribution in [0.15, 0.2) is 71.2 Å². The molecule has 8 heteroatoms. The monoisotopic (exact) mass is 538 g/mol. The number of ether oxygens (including phenoxy) is 4. The van der Waals surface area contributed by atoms with Crippen molar-refractivity contribution < 1.29 is 33.6 Å². The number of benzene rings is 3. The molecule has 4 unspecified atom stereocenters. The second-order valence-corrected chi connectivity index (χ2v) is 9.43. The van der Waals surface area contributed by atoms with Crippen LogP contribution in [0.1, 0.15) is 22.6 Å². The minimum atomic E-state index is -2.26. The fraction of sp³-hybridized carbons (Fsp3) is 0.259. The lowest BCUT2D eigenvalue weighted by molar-refractivity contribution is -0.155. The van der Waals surface area contributed by atoms with Gasteiger partial charge in [0.2, 0.25) is 5.60 Å². The molecule has 1 heterocycles. The number of aliphatic hydroxyl groups is 1. The van der Waals surface area contributed by atoms with Gasteiger partial charge in [-0.05, 0) is 23.3 Å². The Hall–Kier alpha value is -3.36. The molecule has 0 amide bonds. The van der Waals surface area contributed by atoms with Crippen molar-refractivity contribution in [2.75, 3.05) is 21.3 Å². The minimum absolute atomic E-state index is 0.154. The number of hydrogen-bond acceptors (Lipinski definition) is 7. The van der Waals surface area contributed by atoms with Gasteiger partial charge in [0.25, 0.3) is 0 Å². The molecule has 0 bridgehead atoms. The lowest BCUT2D eigenvalue weighted by Crippen LogP contribution is -2.50. The van der Waals surface area contributed by atoms with Crippen LogP contribution in [0.4, 0.5) is 0 Å². The number of rotatable bonds is 5. The predicted molar refractivity (Wildman–Crippen MR) is 130 cm³/mol. The molecule has 2 aliphatic rings. The molecule has 0 saturated heterocycles. The molecule has 3 aromatic carbocycles. The van der Waals surface area contributed by atoms with Crippen LogP contribution in [0.5, 0.6) is 17.2 Å². The van der Waals surface area contributed by atoms with Crippen molar-refractivity contribution in [2.24, 2.45) is 5.92 Å². The summed E-state index contributed by atoms with van der Waals surface area (Å²) in [5.41, 5.74) is -2.62. The molecule has 4 atom stereocenters. The van der Waals surface area contributed by atoms with Crippen molar-refractivity contribution in [3.63, 3.8) is 0 Å². The van der Waals surface area contributed by atoms with Crippen LogP contribution in [-0.4, -0.2) is 38.2 Å². The molecule has 0 spiro atoms. The summed E-state index contributed by atoms with van der Waals surface area (Å²) in [5.74, 6) is -2.81. The topological polar surface area (TPSA) is 91.3 Å². The predicted octanol–water partition coefficient (Wildman–Crippen LogP) is 4.10. The first-order chi connectivity index (χ1) is 16.8. The zero-order valence-electron chi connectivity index (χ0n) is 19.3. The molecule has 1 aliphatic heterocycles. The van der Waals surface area contributed by atoms with E-state index >= 15 is 0 Å². The SMILES string of the molecule is COC(=O)C1C(=O)C2(O)c3c(OC)cc(OC)cc3OC2(c2ccc(Br)cc2)C1c1ccccc1. The highest BCUT2D eigenvalue weighted by molar-refractivity contribution is 9.10. The quantitative estimate of drug-likeness (QED) is 0.386. The lowest BCUT2D eigenvalue weighted by atomic mass is 9.70. The van der Waals surface area contributed by atoms with E-state index in [1.807, 2.05) is 30.3 Å². The molecule has 5 rings (SSSR count). The van der Waals surface area contributed by atoms with Crippen LogP contribution in [0.2, 0.25) is 0 Å². The van der Waals surface area contributed by atoms with Gasteiger partial charge in [-0.15, -0.1) is 0 Å². The lowest BCUT2D eigenvalue weighted by Gasteiger charge is -2.39.